The van der Waals surface area contributed by atoms with Gasteiger partial charge in [-0.1, -0.05) is 25.4 Å². The summed E-state index contributed by atoms with van der Waals surface area (Å²) in [6, 6.07) is 10.5. The Morgan fingerprint density at radius 3 is 2.25 bits per heavy atom. The number of ether oxygens (including phenoxy) is 1. The van der Waals surface area contributed by atoms with Crippen molar-refractivity contribution in [1.29, 1.82) is 0 Å². The topological polar surface area (TPSA) is 84.0 Å². The van der Waals surface area contributed by atoms with Crippen molar-refractivity contribution < 1.29 is 23.9 Å². The first-order chi connectivity index (χ1) is 15.2. The summed E-state index contributed by atoms with van der Waals surface area (Å²) < 4.78 is 5.21. The molecule has 0 radical (unpaired) electrons. The van der Waals surface area contributed by atoms with Crippen LogP contribution >= 0.6 is 11.6 Å². The molecule has 0 bridgehead atoms. The van der Waals surface area contributed by atoms with Gasteiger partial charge in [0.15, 0.2) is 6.61 Å². The molecule has 32 heavy (non-hydrogen) atoms. The van der Waals surface area contributed by atoms with Gasteiger partial charge < -0.3 is 9.64 Å². The van der Waals surface area contributed by atoms with Gasteiger partial charge in [0, 0.05) is 18.1 Å². The molecule has 1 saturated heterocycles. The van der Waals surface area contributed by atoms with Gasteiger partial charge in [-0.05, 0) is 60.7 Å². The Hall–Kier alpha value is -3.19. The molecule has 2 aliphatic heterocycles. The third-order valence-electron chi connectivity index (χ3n) is 5.76. The minimum absolute atomic E-state index is 0.107. The van der Waals surface area contributed by atoms with E-state index in [9.17, 15) is 19.2 Å². The van der Waals surface area contributed by atoms with Gasteiger partial charge in [-0.3, -0.25) is 14.4 Å². The smallest absolute Gasteiger partial charge is 0.338 e. The van der Waals surface area contributed by atoms with E-state index in [1.54, 1.807) is 29.2 Å². The van der Waals surface area contributed by atoms with Crippen LogP contribution in [0.25, 0.3) is 0 Å². The van der Waals surface area contributed by atoms with Gasteiger partial charge in [0.25, 0.3) is 17.7 Å². The fourth-order valence-electron chi connectivity index (χ4n) is 4.36. The summed E-state index contributed by atoms with van der Waals surface area (Å²) in [4.78, 5) is 53.3. The fourth-order valence-corrected chi connectivity index (χ4v) is 4.49. The number of anilines is 1. The number of amides is 3. The van der Waals surface area contributed by atoms with Gasteiger partial charge in [-0.2, -0.15) is 0 Å². The Balaban J connectivity index is 1.45. The number of hydrogen-bond donors (Lipinski definition) is 0. The van der Waals surface area contributed by atoms with Gasteiger partial charge in [0.1, 0.15) is 0 Å². The van der Waals surface area contributed by atoms with Crippen LogP contribution < -0.4 is 4.90 Å². The second-order valence-corrected chi connectivity index (χ2v) is 8.94. The predicted octanol–water partition coefficient (Wildman–Crippen LogP) is 3.80. The quantitative estimate of drug-likeness (QED) is 0.518. The summed E-state index contributed by atoms with van der Waals surface area (Å²) in [5, 5.41) is 0.485. The summed E-state index contributed by atoms with van der Waals surface area (Å²) in [5.41, 5.74) is 0.814. The standard InChI is InChI=1S/C24H23ClN2O5/c1-14-9-15(2)12-26(11-14)21(28)13-32-24(31)16-3-8-19-20(10-16)23(30)27(22(19)29)18-6-4-17(25)5-7-18/h3-8,10,14-15H,9,11-13H2,1-2H3. The number of rotatable bonds is 4. The van der Waals surface area contributed by atoms with Gasteiger partial charge in [0.2, 0.25) is 0 Å². The molecule has 1 fully saturated rings. The lowest BCUT2D eigenvalue weighted by atomic mass is 9.92. The van der Waals surface area contributed by atoms with Crippen LogP contribution in [-0.2, 0) is 9.53 Å². The molecular formula is C24H23ClN2O5. The maximum atomic E-state index is 12.9. The predicted molar refractivity (Wildman–Crippen MR) is 119 cm³/mol. The van der Waals surface area contributed by atoms with Crippen molar-refractivity contribution in [2.24, 2.45) is 11.8 Å². The molecule has 3 amide bonds. The fraction of sp³-hybridized carbons (Fsp3) is 0.333. The number of likely N-dealkylation sites (tertiary alicyclic amines) is 1. The van der Waals surface area contributed by atoms with Crippen molar-refractivity contribution in [2.45, 2.75) is 20.3 Å². The number of piperidine rings is 1. The summed E-state index contributed by atoms with van der Waals surface area (Å²) in [5.74, 6) is -1.16. The van der Waals surface area contributed by atoms with Crippen molar-refractivity contribution in [3.05, 3.63) is 64.2 Å². The lowest BCUT2D eigenvalue weighted by molar-refractivity contribution is -0.137. The lowest BCUT2D eigenvalue weighted by Gasteiger charge is -2.34. The SMILES string of the molecule is CC1CC(C)CN(C(=O)COC(=O)c2ccc3c(c2)C(=O)N(c2ccc(Cl)cc2)C3=O)C1. The first kappa shape index (κ1) is 22.0. The molecule has 2 aromatic rings. The Kier molecular flexibility index (Phi) is 6.02. The molecule has 0 spiro atoms. The Bertz CT molecular complexity index is 1090. The maximum Gasteiger partial charge on any atom is 0.338 e. The van der Waals surface area contributed by atoms with Crippen LogP contribution in [0.2, 0.25) is 5.02 Å². The maximum absolute atomic E-state index is 12.9. The van der Waals surface area contributed by atoms with Crippen LogP contribution in [0, 0.1) is 11.8 Å². The number of esters is 1. The normalized spacial score (nSPS) is 20.3. The number of fused-ring (bicyclic) bond motifs is 1. The molecule has 2 heterocycles. The number of halogens is 1. The van der Waals surface area contributed by atoms with Crippen LogP contribution in [0.4, 0.5) is 5.69 Å². The highest BCUT2D eigenvalue weighted by Gasteiger charge is 2.37. The summed E-state index contributed by atoms with van der Waals surface area (Å²) in [7, 11) is 0. The Labute approximate surface area is 190 Å². The van der Waals surface area contributed by atoms with E-state index in [0.717, 1.165) is 11.3 Å². The van der Waals surface area contributed by atoms with Crippen LogP contribution in [0.5, 0.6) is 0 Å². The Morgan fingerprint density at radius 1 is 0.969 bits per heavy atom. The van der Waals surface area contributed by atoms with Crippen molar-refractivity contribution >= 4 is 41.0 Å². The summed E-state index contributed by atoms with van der Waals surface area (Å²) >= 11 is 5.88. The molecular weight excluding hydrogens is 432 g/mol. The van der Waals surface area contributed by atoms with Crippen LogP contribution in [0.3, 0.4) is 0 Å². The number of carbonyl (C=O) groups excluding carboxylic acids is 4. The van der Waals surface area contributed by atoms with Crippen molar-refractivity contribution in [3.63, 3.8) is 0 Å². The van der Waals surface area contributed by atoms with Crippen LogP contribution in [-0.4, -0.2) is 48.3 Å². The minimum Gasteiger partial charge on any atom is -0.452 e. The molecule has 0 aliphatic carbocycles. The molecule has 8 heteroatoms. The summed E-state index contributed by atoms with van der Waals surface area (Å²) in [6.45, 7) is 5.13. The first-order valence-electron chi connectivity index (χ1n) is 10.5. The zero-order valence-corrected chi connectivity index (χ0v) is 18.6. The molecule has 2 aromatic carbocycles. The van der Waals surface area contributed by atoms with E-state index >= 15 is 0 Å². The van der Waals surface area contributed by atoms with E-state index in [1.807, 2.05) is 0 Å². The molecule has 2 aliphatic rings. The first-order valence-corrected chi connectivity index (χ1v) is 10.9. The molecule has 0 aromatic heterocycles. The second-order valence-electron chi connectivity index (χ2n) is 8.50. The third kappa shape index (κ3) is 4.25. The molecule has 4 rings (SSSR count). The summed E-state index contributed by atoms with van der Waals surface area (Å²) in [6.07, 6.45) is 1.07. The van der Waals surface area contributed by atoms with E-state index < -0.39 is 17.8 Å². The number of nitrogens with zero attached hydrogens (tertiary/aromatic N) is 2. The molecule has 7 nitrogen and oxygen atoms in total. The largest absolute Gasteiger partial charge is 0.452 e. The van der Waals surface area contributed by atoms with Crippen molar-refractivity contribution in [1.82, 2.24) is 4.90 Å². The lowest BCUT2D eigenvalue weighted by Crippen LogP contribution is -2.44. The highest BCUT2D eigenvalue weighted by atomic mass is 35.5. The van der Waals surface area contributed by atoms with E-state index in [4.69, 9.17) is 16.3 Å². The average molecular weight is 455 g/mol. The van der Waals surface area contributed by atoms with Gasteiger partial charge >= 0.3 is 5.97 Å². The second kappa shape index (κ2) is 8.74. The Morgan fingerprint density at radius 2 is 1.59 bits per heavy atom. The van der Waals surface area contributed by atoms with Gasteiger partial charge in [-0.25, -0.2) is 9.69 Å². The zero-order valence-electron chi connectivity index (χ0n) is 17.8. The third-order valence-corrected chi connectivity index (χ3v) is 6.01. The highest BCUT2D eigenvalue weighted by molar-refractivity contribution is 6.35. The number of imide groups is 1. The van der Waals surface area contributed by atoms with Crippen LogP contribution in [0.15, 0.2) is 42.5 Å². The molecule has 2 unspecified atom stereocenters. The number of carbonyl (C=O) groups is 4. The van der Waals surface area contributed by atoms with E-state index in [0.29, 0.717) is 35.6 Å². The average Bonchev–Trinajstić information content (AvgIpc) is 3.01. The van der Waals surface area contributed by atoms with E-state index in [2.05, 4.69) is 13.8 Å². The van der Waals surface area contributed by atoms with E-state index in [-0.39, 0.29) is 29.2 Å². The molecule has 0 saturated carbocycles. The minimum atomic E-state index is -0.718. The molecule has 2 atom stereocenters. The highest BCUT2D eigenvalue weighted by Crippen LogP contribution is 2.30. The molecule has 0 N–H and O–H groups in total. The number of benzene rings is 2. The van der Waals surface area contributed by atoms with Crippen LogP contribution in [0.1, 0.15) is 51.3 Å². The van der Waals surface area contributed by atoms with Gasteiger partial charge in [0.05, 0.1) is 22.4 Å². The monoisotopic (exact) mass is 454 g/mol. The number of hydrogen-bond acceptors (Lipinski definition) is 5. The molecule has 166 valence electrons. The zero-order chi connectivity index (χ0) is 23.0. The van der Waals surface area contributed by atoms with Gasteiger partial charge in [-0.15, -0.1) is 0 Å². The van der Waals surface area contributed by atoms with Crippen molar-refractivity contribution in [2.75, 3.05) is 24.6 Å². The van der Waals surface area contributed by atoms with E-state index in [1.165, 1.54) is 18.2 Å². The van der Waals surface area contributed by atoms with Crippen molar-refractivity contribution in [3.8, 4) is 0 Å².